The molecule has 0 unspecified atom stereocenters. The van der Waals surface area contributed by atoms with Gasteiger partial charge < -0.3 is 10.2 Å². The van der Waals surface area contributed by atoms with Gasteiger partial charge in [-0.25, -0.2) is 8.42 Å². The number of nitrogens with zero attached hydrogens (tertiary/aromatic N) is 2. The third-order valence-corrected chi connectivity index (χ3v) is 8.32. The van der Waals surface area contributed by atoms with E-state index in [0.29, 0.717) is 27.8 Å². The summed E-state index contributed by atoms with van der Waals surface area (Å²) < 4.78 is 26.8. The van der Waals surface area contributed by atoms with E-state index in [1.807, 2.05) is 50.2 Å². The molecule has 1 atom stereocenters. The fourth-order valence-corrected chi connectivity index (χ4v) is 5.55. The molecule has 0 heterocycles. The van der Waals surface area contributed by atoms with Gasteiger partial charge in [-0.2, -0.15) is 0 Å². The summed E-state index contributed by atoms with van der Waals surface area (Å²) in [6.07, 6.45) is 1.26. The number of benzene rings is 3. The first-order valence-electron chi connectivity index (χ1n) is 12.5. The van der Waals surface area contributed by atoms with E-state index in [-0.39, 0.29) is 18.9 Å². The molecule has 10 heteroatoms. The fraction of sp³-hybridized carbons (Fsp3) is 0.310. The number of likely N-dealkylation sites (N-methyl/N-ethyl adjacent to an activating group) is 1. The summed E-state index contributed by atoms with van der Waals surface area (Å²) in [6.45, 7) is 5.35. The molecule has 0 aliphatic carbocycles. The summed E-state index contributed by atoms with van der Waals surface area (Å²) in [4.78, 5) is 28.8. The molecule has 0 radical (unpaired) electrons. The molecule has 2 amide bonds. The Balaban J connectivity index is 2.09. The van der Waals surface area contributed by atoms with E-state index in [1.165, 1.54) is 4.90 Å². The van der Waals surface area contributed by atoms with Gasteiger partial charge in [-0.15, -0.1) is 0 Å². The van der Waals surface area contributed by atoms with Gasteiger partial charge in [0.15, 0.2) is 0 Å². The largest absolute Gasteiger partial charge is 0.355 e. The van der Waals surface area contributed by atoms with Crippen LogP contribution in [0.1, 0.15) is 29.2 Å². The molecule has 0 fully saturated rings. The second-order valence-corrected chi connectivity index (χ2v) is 12.1. The first kappa shape index (κ1) is 30.5. The molecular formula is C29H33Cl2N3O4S. The number of nitrogens with one attached hydrogen (secondary N) is 1. The Hall–Kier alpha value is -3.07. The van der Waals surface area contributed by atoms with E-state index in [2.05, 4.69) is 5.32 Å². The van der Waals surface area contributed by atoms with Crippen LogP contribution in [0, 0.1) is 13.8 Å². The van der Waals surface area contributed by atoms with E-state index >= 15 is 0 Å². The number of aryl methyl sites for hydroxylation is 2. The third kappa shape index (κ3) is 7.97. The minimum atomic E-state index is -3.85. The average molecular weight is 591 g/mol. The molecule has 7 nitrogen and oxygen atoms in total. The van der Waals surface area contributed by atoms with Crippen LogP contribution in [0.5, 0.6) is 0 Å². The lowest BCUT2D eigenvalue weighted by molar-refractivity contribution is -0.140. The van der Waals surface area contributed by atoms with Crippen molar-refractivity contribution in [2.24, 2.45) is 0 Å². The smallest absolute Gasteiger partial charge is 0.244 e. The number of hydrogen-bond acceptors (Lipinski definition) is 4. The maximum atomic E-state index is 14.0. The van der Waals surface area contributed by atoms with Crippen LogP contribution in [0.3, 0.4) is 0 Å². The standard InChI is InChI=1S/C29H33Cl2N3O4S/c1-5-32-29(36)27(17-22-10-7-6-8-11-22)33(18-24-25(30)12-9-13-26(24)31)28(35)19-34(39(4,37)38)23-15-14-20(2)21(3)16-23/h6-16,27H,5,17-19H2,1-4H3,(H,32,36)/t27-/m1/s1. The molecule has 0 saturated carbocycles. The third-order valence-electron chi connectivity index (χ3n) is 6.47. The van der Waals surface area contributed by atoms with Crippen LogP contribution < -0.4 is 9.62 Å². The Morgan fingerprint density at radius 2 is 1.56 bits per heavy atom. The monoisotopic (exact) mass is 589 g/mol. The van der Waals surface area contributed by atoms with E-state index in [4.69, 9.17) is 23.2 Å². The molecule has 1 N–H and O–H groups in total. The highest BCUT2D eigenvalue weighted by atomic mass is 35.5. The van der Waals surface area contributed by atoms with Crippen molar-refractivity contribution in [1.82, 2.24) is 10.2 Å². The molecule has 3 rings (SSSR count). The van der Waals surface area contributed by atoms with Crippen LogP contribution in [0.4, 0.5) is 5.69 Å². The summed E-state index contributed by atoms with van der Waals surface area (Å²) in [5, 5.41) is 3.49. The number of amides is 2. The zero-order valence-corrected chi connectivity index (χ0v) is 24.8. The van der Waals surface area contributed by atoms with Gasteiger partial charge in [-0.1, -0.05) is 65.7 Å². The van der Waals surface area contributed by atoms with Gasteiger partial charge >= 0.3 is 0 Å². The minimum Gasteiger partial charge on any atom is -0.355 e. The minimum absolute atomic E-state index is 0.0868. The number of carbonyl (C=O) groups excluding carboxylic acids is 2. The number of halogens is 2. The molecule has 0 bridgehead atoms. The SMILES string of the molecule is CCNC(=O)[C@@H](Cc1ccccc1)N(Cc1c(Cl)cccc1Cl)C(=O)CN(c1ccc(C)c(C)c1)S(C)(=O)=O. The van der Waals surface area contributed by atoms with Crippen molar-refractivity contribution in [2.45, 2.75) is 39.8 Å². The molecule has 0 aliphatic rings. The molecule has 3 aromatic rings. The zero-order valence-electron chi connectivity index (χ0n) is 22.4. The normalized spacial score (nSPS) is 12.1. The quantitative estimate of drug-likeness (QED) is 0.335. The van der Waals surface area contributed by atoms with Gasteiger partial charge in [0.25, 0.3) is 0 Å². The van der Waals surface area contributed by atoms with Gasteiger partial charge in [-0.05, 0) is 61.7 Å². The highest BCUT2D eigenvalue weighted by Gasteiger charge is 2.33. The van der Waals surface area contributed by atoms with Crippen molar-refractivity contribution in [2.75, 3.05) is 23.7 Å². The highest BCUT2D eigenvalue weighted by Crippen LogP contribution is 2.28. The van der Waals surface area contributed by atoms with Gasteiger partial charge in [0, 0.05) is 35.1 Å². The van der Waals surface area contributed by atoms with Crippen LogP contribution in [0.15, 0.2) is 66.7 Å². The van der Waals surface area contributed by atoms with Crippen LogP contribution in [0.25, 0.3) is 0 Å². The predicted octanol–water partition coefficient (Wildman–Crippen LogP) is 5.15. The maximum absolute atomic E-state index is 14.0. The highest BCUT2D eigenvalue weighted by molar-refractivity contribution is 7.92. The summed E-state index contributed by atoms with van der Waals surface area (Å²) in [5.74, 6) is -0.934. The molecule has 3 aromatic carbocycles. The number of anilines is 1. The Morgan fingerprint density at radius 3 is 2.13 bits per heavy atom. The summed E-state index contributed by atoms with van der Waals surface area (Å²) in [7, 11) is -3.85. The van der Waals surface area contributed by atoms with Crippen molar-refractivity contribution in [1.29, 1.82) is 0 Å². The second kappa shape index (κ2) is 13.3. The van der Waals surface area contributed by atoms with Crippen LogP contribution in [0.2, 0.25) is 10.0 Å². The Labute approximate surface area is 240 Å². The van der Waals surface area contributed by atoms with Crippen molar-refractivity contribution in [3.05, 3.63) is 99.0 Å². The predicted molar refractivity (Wildman–Crippen MR) is 158 cm³/mol. The van der Waals surface area contributed by atoms with Crippen LogP contribution in [-0.2, 0) is 32.6 Å². The van der Waals surface area contributed by atoms with Crippen LogP contribution >= 0.6 is 23.2 Å². The molecule has 0 saturated heterocycles. The first-order valence-corrected chi connectivity index (χ1v) is 15.1. The lowest BCUT2D eigenvalue weighted by Crippen LogP contribution is -2.53. The van der Waals surface area contributed by atoms with Crippen LogP contribution in [-0.4, -0.2) is 50.5 Å². The molecule has 0 spiro atoms. The summed E-state index contributed by atoms with van der Waals surface area (Å²) in [5.41, 5.74) is 3.55. The second-order valence-electron chi connectivity index (χ2n) is 9.36. The van der Waals surface area contributed by atoms with E-state index in [9.17, 15) is 18.0 Å². The van der Waals surface area contributed by atoms with Gasteiger partial charge in [0.1, 0.15) is 12.6 Å². The molecular weight excluding hydrogens is 557 g/mol. The van der Waals surface area contributed by atoms with E-state index < -0.39 is 28.5 Å². The van der Waals surface area contributed by atoms with Gasteiger partial charge in [-0.3, -0.25) is 13.9 Å². The molecule has 0 aliphatic heterocycles. The van der Waals surface area contributed by atoms with Gasteiger partial charge in [0.05, 0.1) is 11.9 Å². The maximum Gasteiger partial charge on any atom is 0.244 e. The Morgan fingerprint density at radius 1 is 0.923 bits per heavy atom. The topological polar surface area (TPSA) is 86.8 Å². The molecule has 39 heavy (non-hydrogen) atoms. The number of sulfonamides is 1. The lowest BCUT2D eigenvalue weighted by atomic mass is 10.0. The molecule has 0 aromatic heterocycles. The fourth-order valence-electron chi connectivity index (χ4n) is 4.19. The van der Waals surface area contributed by atoms with Crippen molar-refractivity contribution in [3.8, 4) is 0 Å². The Kier molecular flexibility index (Phi) is 10.4. The Bertz CT molecular complexity index is 1410. The number of hydrogen-bond donors (Lipinski definition) is 1. The molecule has 208 valence electrons. The van der Waals surface area contributed by atoms with Crippen molar-refractivity contribution < 1.29 is 18.0 Å². The zero-order chi connectivity index (χ0) is 28.7. The number of carbonyl (C=O) groups is 2. The average Bonchev–Trinajstić information content (AvgIpc) is 2.88. The van der Waals surface area contributed by atoms with E-state index in [0.717, 1.165) is 27.3 Å². The summed E-state index contributed by atoms with van der Waals surface area (Å²) >= 11 is 12.9. The number of rotatable bonds is 11. The van der Waals surface area contributed by atoms with E-state index in [1.54, 1.807) is 37.3 Å². The van der Waals surface area contributed by atoms with Gasteiger partial charge in [0.2, 0.25) is 21.8 Å². The first-order chi connectivity index (χ1) is 18.4. The lowest BCUT2D eigenvalue weighted by Gasteiger charge is -2.34. The summed E-state index contributed by atoms with van der Waals surface area (Å²) in [6, 6.07) is 18.6. The van der Waals surface area contributed by atoms with Crippen molar-refractivity contribution >= 4 is 50.7 Å². The van der Waals surface area contributed by atoms with Crippen molar-refractivity contribution in [3.63, 3.8) is 0 Å².